The fourth-order valence-corrected chi connectivity index (χ4v) is 6.88. The number of phenolic OH excluding ortho intramolecular Hbond substituents is 7. The van der Waals surface area contributed by atoms with Crippen LogP contribution in [0.1, 0.15) is 163 Å². The molecule has 86 heavy (non-hydrogen) atoms. The Hall–Kier alpha value is -10.6. The Morgan fingerprint density at radius 2 is 0.698 bits per heavy atom. The van der Waals surface area contributed by atoms with Crippen molar-refractivity contribution >= 4 is 41.8 Å². The van der Waals surface area contributed by atoms with Gasteiger partial charge in [0.15, 0.2) is 0 Å². The summed E-state index contributed by atoms with van der Waals surface area (Å²) in [5.41, 5.74) is 4.15. The minimum atomic E-state index is -0.986. The lowest BCUT2D eigenvalue weighted by molar-refractivity contribution is 0.0500. The van der Waals surface area contributed by atoms with Gasteiger partial charge in [0.05, 0.1) is 52.2 Å². The molecule has 0 saturated heterocycles. The maximum absolute atomic E-state index is 11.2. The Balaban J connectivity index is 0.000000503. The molecule has 0 amide bonds. The van der Waals surface area contributed by atoms with Gasteiger partial charge in [-0.3, -0.25) is 0 Å². The third-order valence-electron chi connectivity index (χ3n) is 11.1. The molecule has 0 radical (unpaired) electrons. The first-order valence-corrected chi connectivity index (χ1v) is 26.7. The van der Waals surface area contributed by atoms with Crippen molar-refractivity contribution in [2.45, 2.75) is 86.5 Å². The summed E-state index contributed by atoms with van der Waals surface area (Å²) in [6, 6.07) is 35.7. The number of esters is 2. The van der Waals surface area contributed by atoms with Crippen molar-refractivity contribution in [1.29, 1.82) is 0 Å². The van der Waals surface area contributed by atoms with Gasteiger partial charge in [0.25, 0.3) is 0 Å². The Labute approximate surface area is 497 Å². The van der Waals surface area contributed by atoms with Gasteiger partial charge in [0.2, 0.25) is 0 Å². The van der Waals surface area contributed by atoms with Gasteiger partial charge in [-0.05, 0) is 213 Å². The topological polar surface area (TPSA) is 381 Å². The highest BCUT2D eigenvalue weighted by Gasteiger charge is 2.15. The molecule has 7 aromatic carbocycles. The predicted octanol–water partition coefficient (Wildman–Crippen LogP) is 12.6. The number of carboxylic acids is 5. The molecule has 7 aromatic rings. The minimum Gasteiger partial charge on any atom is -0.508 e. The maximum Gasteiger partial charge on any atom is 0.338 e. The van der Waals surface area contributed by atoms with Crippen LogP contribution in [0.25, 0.3) is 0 Å². The summed E-state index contributed by atoms with van der Waals surface area (Å²) in [7, 11) is 0. The van der Waals surface area contributed by atoms with E-state index in [-0.39, 0.29) is 85.9 Å². The summed E-state index contributed by atoms with van der Waals surface area (Å²) in [5.74, 6) is -4.27. The van der Waals surface area contributed by atoms with Crippen LogP contribution in [0.4, 0.5) is 0 Å². The van der Waals surface area contributed by atoms with E-state index in [4.69, 9.17) is 55.4 Å². The van der Waals surface area contributed by atoms with E-state index in [2.05, 4.69) is 0 Å². The molecule has 0 aliphatic heterocycles. The second-order valence-corrected chi connectivity index (χ2v) is 18.9. The fourth-order valence-electron chi connectivity index (χ4n) is 6.88. The lowest BCUT2D eigenvalue weighted by Crippen LogP contribution is -2.05. The number of hydrogen-bond donors (Lipinski definition) is 12. The molecule has 0 saturated carbocycles. The lowest BCUT2D eigenvalue weighted by Gasteiger charge is -2.09. The zero-order valence-corrected chi connectivity index (χ0v) is 48.6. The van der Waals surface area contributed by atoms with Crippen LogP contribution in [0.5, 0.6) is 40.2 Å². The van der Waals surface area contributed by atoms with Crippen molar-refractivity contribution < 1.29 is 104 Å². The third kappa shape index (κ3) is 28.9. The van der Waals surface area contributed by atoms with E-state index in [9.17, 15) is 48.9 Å². The molecule has 0 aliphatic carbocycles. The molecule has 0 spiro atoms. The van der Waals surface area contributed by atoms with E-state index >= 15 is 0 Å². The number of aromatic carboxylic acids is 5. The monoisotopic (exact) mass is 1190 g/mol. The first-order chi connectivity index (χ1) is 40.5. The van der Waals surface area contributed by atoms with Crippen LogP contribution in [0.2, 0.25) is 0 Å². The highest BCUT2D eigenvalue weighted by molar-refractivity contribution is 5.92. The zero-order valence-electron chi connectivity index (χ0n) is 48.6. The Kier molecular flexibility index (Phi) is 33.3. The van der Waals surface area contributed by atoms with Gasteiger partial charge in [0.1, 0.15) is 40.2 Å². The van der Waals surface area contributed by atoms with Crippen LogP contribution in [-0.2, 0) is 22.3 Å². The first-order valence-electron chi connectivity index (χ1n) is 26.7. The SMILES string of the molecule is CC(C)Cc1cc(O)ccc1C(=O)O.CC(C)c1cc(O)ccc1C(=O)O.CCCCc1cc(O)ccc1C(=O)O.CCCOC(=O)c1ccc(O)cc1.CCOC(=O)c1ccc(O)cc1.O=C(O)c1ccc(O)cc1.O=C(O)c1ccc(O)cc1. The summed E-state index contributed by atoms with van der Waals surface area (Å²) in [6.07, 6.45) is 4.12. The zero-order chi connectivity index (χ0) is 65.1. The van der Waals surface area contributed by atoms with Crippen LogP contribution < -0.4 is 0 Å². The Morgan fingerprint density at radius 3 is 1.02 bits per heavy atom. The van der Waals surface area contributed by atoms with Crippen LogP contribution in [-0.4, -0.2) is 116 Å². The molecule has 0 aliphatic rings. The molecule has 460 valence electrons. The molecule has 21 nitrogen and oxygen atoms in total. The largest absolute Gasteiger partial charge is 0.508 e. The van der Waals surface area contributed by atoms with E-state index in [1.165, 1.54) is 152 Å². The maximum atomic E-state index is 11.2. The number of carbonyl (C=O) groups excluding carboxylic acids is 2. The molecule has 7 rings (SSSR count). The van der Waals surface area contributed by atoms with Crippen LogP contribution in [0.15, 0.2) is 152 Å². The predicted molar refractivity (Wildman–Crippen MR) is 319 cm³/mol. The number of unbranched alkanes of at least 4 members (excludes halogenated alkanes) is 1. The minimum absolute atomic E-state index is 0.0741. The molecule has 0 atom stereocenters. The number of rotatable bonds is 16. The second kappa shape index (κ2) is 39.0. The van der Waals surface area contributed by atoms with Gasteiger partial charge in [-0.2, -0.15) is 0 Å². The fraction of sp³-hybridized carbons (Fsp3) is 0.246. The quantitative estimate of drug-likeness (QED) is 0.0400. The van der Waals surface area contributed by atoms with Crippen molar-refractivity contribution in [2.75, 3.05) is 13.2 Å². The normalized spacial score (nSPS) is 9.83. The van der Waals surface area contributed by atoms with E-state index in [0.717, 1.165) is 19.3 Å². The third-order valence-corrected chi connectivity index (χ3v) is 11.1. The number of benzene rings is 7. The number of phenols is 7. The number of aryl methyl sites for hydroxylation is 1. The number of aromatic hydroxyl groups is 7. The van der Waals surface area contributed by atoms with Gasteiger partial charge in [-0.15, -0.1) is 0 Å². The van der Waals surface area contributed by atoms with Crippen molar-refractivity contribution in [3.8, 4) is 40.2 Å². The van der Waals surface area contributed by atoms with Gasteiger partial charge >= 0.3 is 41.8 Å². The highest BCUT2D eigenvalue weighted by atomic mass is 16.5. The van der Waals surface area contributed by atoms with E-state index in [0.29, 0.717) is 59.8 Å². The van der Waals surface area contributed by atoms with Crippen LogP contribution in [0, 0.1) is 5.92 Å². The number of ether oxygens (including phenoxy) is 2. The van der Waals surface area contributed by atoms with Gasteiger partial charge in [-0.1, -0.05) is 48.0 Å². The lowest BCUT2D eigenvalue weighted by atomic mass is 9.97. The standard InChI is InChI=1S/2C11H14O3.2C10H12O3.C9H10O3.2C7H6O3/c1-7(2)5-8-6-9(12)3-4-10(8)11(13)14;1-2-3-4-8-7-9(12)5-6-10(8)11(13)14;1-6(2)9-5-7(11)3-4-8(9)10(12)13;1-2-7-13-10(12)8-3-5-9(11)6-4-8;1-2-12-9(11)7-3-5-8(10)6-4-7;2*8-6-3-1-5(2-4-6)7(9)10/h3-4,6-7,12H,5H2,1-2H3,(H,13,14);5-7,12H,2-4H2,1H3,(H,13,14);3-6,11H,1-2H3,(H,12,13);3-6,11H,2,7H2,1H3;3-6,10H,2H2,1H3;2*1-4,8H,(H,9,10). The Morgan fingerprint density at radius 1 is 0.372 bits per heavy atom. The van der Waals surface area contributed by atoms with Crippen LogP contribution >= 0.6 is 0 Å². The van der Waals surface area contributed by atoms with Crippen molar-refractivity contribution in [2.24, 2.45) is 5.92 Å². The highest BCUT2D eigenvalue weighted by Crippen LogP contribution is 2.25. The van der Waals surface area contributed by atoms with Gasteiger partial charge in [0, 0.05) is 0 Å². The Bertz CT molecular complexity index is 3190. The summed E-state index contributed by atoms with van der Waals surface area (Å²) in [6.45, 7) is 14.3. The smallest absolute Gasteiger partial charge is 0.338 e. The molecule has 21 heteroatoms. The van der Waals surface area contributed by atoms with Gasteiger partial charge in [-0.25, -0.2) is 33.6 Å². The number of carboxylic acid groups (broad SMARTS) is 5. The summed E-state index contributed by atoms with van der Waals surface area (Å²) in [5, 5.41) is 106. The molecule has 0 bridgehead atoms. The van der Waals surface area contributed by atoms with Crippen molar-refractivity contribution in [1.82, 2.24) is 0 Å². The molecule has 0 unspecified atom stereocenters. The number of hydrogen-bond acceptors (Lipinski definition) is 16. The molecule has 0 fully saturated rings. The van der Waals surface area contributed by atoms with Crippen molar-refractivity contribution in [3.63, 3.8) is 0 Å². The number of carbonyl (C=O) groups is 7. The van der Waals surface area contributed by atoms with Gasteiger partial charge < -0.3 is 70.8 Å². The molecule has 0 aromatic heterocycles. The van der Waals surface area contributed by atoms with E-state index < -0.39 is 29.8 Å². The molecular formula is C65H74O21. The molecule has 12 N–H and O–H groups in total. The van der Waals surface area contributed by atoms with Crippen LogP contribution in [0.3, 0.4) is 0 Å². The van der Waals surface area contributed by atoms with Crippen molar-refractivity contribution in [3.05, 3.63) is 207 Å². The average molecular weight is 1190 g/mol. The van der Waals surface area contributed by atoms with E-state index in [1.54, 1.807) is 6.92 Å². The summed E-state index contributed by atoms with van der Waals surface area (Å²) in [4.78, 5) is 75.1. The first kappa shape index (κ1) is 73.4. The summed E-state index contributed by atoms with van der Waals surface area (Å²) >= 11 is 0. The summed E-state index contributed by atoms with van der Waals surface area (Å²) < 4.78 is 9.64. The average Bonchev–Trinajstić information content (AvgIpc) is 3.47. The molecular weight excluding hydrogens is 1120 g/mol. The van der Waals surface area contributed by atoms with E-state index in [1.807, 2.05) is 41.5 Å². The molecule has 0 heterocycles. The second-order valence-electron chi connectivity index (χ2n) is 18.9.